The van der Waals surface area contributed by atoms with E-state index in [1.54, 1.807) is 12.1 Å². The summed E-state index contributed by atoms with van der Waals surface area (Å²) in [5, 5.41) is 41.1. The number of aliphatic carboxylic acids is 2. The summed E-state index contributed by atoms with van der Waals surface area (Å²) in [6.07, 6.45) is 3.77. The van der Waals surface area contributed by atoms with Crippen LogP contribution < -0.4 is 10.2 Å². The zero-order valence-corrected chi connectivity index (χ0v) is 17.8. The van der Waals surface area contributed by atoms with Crippen molar-refractivity contribution < 1.29 is 49.1 Å². The second-order valence-electron chi connectivity index (χ2n) is 4.94. The van der Waals surface area contributed by atoms with E-state index in [0.717, 1.165) is 24.3 Å². The fraction of sp³-hybridized carbons (Fsp3) is 0. The van der Waals surface area contributed by atoms with Gasteiger partial charge in [0.2, 0.25) is 0 Å². The minimum Gasteiger partial charge on any atom is -0.545 e. The van der Waals surface area contributed by atoms with Crippen LogP contribution in [0.15, 0.2) is 60.7 Å². The molecule has 0 atom stereocenters. The molecule has 0 heterocycles. The van der Waals surface area contributed by atoms with Crippen LogP contribution >= 0.6 is 0 Å². The van der Waals surface area contributed by atoms with Crippen LogP contribution in [0.5, 0.6) is 0 Å². The summed E-state index contributed by atoms with van der Waals surface area (Å²) in [5.74, 6) is -2.77. The Kier molecular flexibility index (Phi) is 11.0. The third-order valence-electron chi connectivity index (χ3n) is 3.06. The average Bonchev–Trinajstić information content (AvgIpc) is 2.65. The van der Waals surface area contributed by atoms with Crippen LogP contribution in [-0.4, -0.2) is 21.8 Å². The number of benzene rings is 2. The quantitative estimate of drug-likeness (QED) is 0.269. The molecule has 0 bridgehead atoms. The van der Waals surface area contributed by atoms with Crippen molar-refractivity contribution in [3.63, 3.8) is 0 Å². The van der Waals surface area contributed by atoms with Crippen molar-refractivity contribution in [3.05, 3.63) is 92.0 Å². The maximum absolute atomic E-state index is 10.5. The first-order valence-corrected chi connectivity index (χ1v) is 7.47. The van der Waals surface area contributed by atoms with Crippen molar-refractivity contribution in [2.75, 3.05) is 0 Å². The van der Waals surface area contributed by atoms with Gasteiger partial charge in [-0.1, -0.05) is 24.3 Å². The molecule has 0 fully saturated rings. The standard InChI is InChI=1S/2C9H7NO4.Zn/c2*11-9(12)6-5-7-3-1-2-4-8(7)10(13)14;/h2*1-6H,(H,11,12);/q;;+2/p-2. The van der Waals surface area contributed by atoms with Gasteiger partial charge >= 0.3 is 19.5 Å². The van der Waals surface area contributed by atoms with Crippen molar-refractivity contribution >= 4 is 35.5 Å². The maximum atomic E-state index is 10.5. The van der Waals surface area contributed by atoms with E-state index in [1.165, 1.54) is 36.4 Å². The topological polar surface area (TPSA) is 167 Å². The molecule has 0 spiro atoms. The van der Waals surface area contributed by atoms with Gasteiger partial charge in [0.05, 0.1) is 32.9 Å². The van der Waals surface area contributed by atoms with Gasteiger partial charge in [0, 0.05) is 12.1 Å². The summed E-state index contributed by atoms with van der Waals surface area (Å²) in [4.78, 5) is 40.0. The molecule has 0 saturated heterocycles. The second kappa shape index (κ2) is 12.6. The SMILES string of the molecule is O=C([O-])C=Cc1ccccc1[N+](=O)[O-].O=C([O-])C=Cc1ccccc1[N+](=O)[O-].[Zn+2]. The summed E-state index contributed by atoms with van der Waals surface area (Å²) in [5.41, 5.74) is 0.207. The number of hydrogen-bond donors (Lipinski definition) is 0. The van der Waals surface area contributed by atoms with Gasteiger partial charge in [-0.3, -0.25) is 20.2 Å². The van der Waals surface area contributed by atoms with Crippen molar-refractivity contribution in [1.82, 2.24) is 0 Å². The Morgan fingerprint density at radius 1 is 0.690 bits per heavy atom. The van der Waals surface area contributed by atoms with Gasteiger partial charge in [-0.15, -0.1) is 0 Å². The Hall–Kier alpha value is -3.72. The van der Waals surface area contributed by atoms with E-state index in [1.807, 2.05) is 0 Å². The van der Waals surface area contributed by atoms with Crippen molar-refractivity contribution in [2.45, 2.75) is 0 Å². The molecule has 2 aromatic carbocycles. The number of nitrogens with zero attached hydrogens (tertiary/aromatic N) is 2. The molecule has 0 aromatic heterocycles. The third kappa shape index (κ3) is 9.16. The summed E-state index contributed by atoms with van der Waals surface area (Å²) >= 11 is 0. The number of carboxylic acids is 2. The predicted octanol–water partition coefficient (Wildman–Crippen LogP) is 0.713. The molecule has 0 amide bonds. The Morgan fingerprint density at radius 3 is 1.28 bits per heavy atom. The summed E-state index contributed by atoms with van der Waals surface area (Å²) in [7, 11) is 0. The van der Waals surface area contributed by atoms with E-state index in [4.69, 9.17) is 0 Å². The Labute approximate surface area is 176 Å². The van der Waals surface area contributed by atoms with Crippen LogP contribution in [-0.2, 0) is 29.1 Å². The molecule has 2 rings (SSSR count). The van der Waals surface area contributed by atoms with Crippen molar-refractivity contribution in [1.29, 1.82) is 0 Å². The molecule has 0 radical (unpaired) electrons. The molecular formula is C18H12N2O8Zn. The number of carbonyl (C=O) groups is 2. The van der Waals surface area contributed by atoms with Crippen LogP contribution in [0.3, 0.4) is 0 Å². The molecular weight excluding hydrogens is 438 g/mol. The molecule has 0 unspecified atom stereocenters. The van der Waals surface area contributed by atoms with E-state index in [0.29, 0.717) is 0 Å². The van der Waals surface area contributed by atoms with Gasteiger partial charge in [0.1, 0.15) is 0 Å². The minimum absolute atomic E-state index is 0. The van der Waals surface area contributed by atoms with Crippen LogP contribution in [0.4, 0.5) is 11.4 Å². The smallest absolute Gasteiger partial charge is 0.545 e. The summed E-state index contributed by atoms with van der Waals surface area (Å²) in [6, 6.07) is 11.7. The Bertz CT molecular complexity index is 879. The first-order valence-electron chi connectivity index (χ1n) is 7.47. The third-order valence-corrected chi connectivity index (χ3v) is 3.06. The molecule has 0 aliphatic carbocycles. The van der Waals surface area contributed by atoms with Gasteiger partial charge in [-0.2, -0.15) is 0 Å². The van der Waals surface area contributed by atoms with E-state index in [2.05, 4.69) is 0 Å². The number of hydrogen-bond acceptors (Lipinski definition) is 8. The van der Waals surface area contributed by atoms with Crippen molar-refractivity contribution in [2.24, 2.45) is 0 Å². The molecule has 144 valence electrons. The van der Waals surface area contributed by atoms with E-state index in [9.17, 15) is 40.0 Å². The average molecular weight is 450 g/mol. The summed E-state index contributed by atoms with van der Waals surface area (Å²) in [6.45, 7) is 0. The Balaban J connectivity index is 0.000000523. The van der Waals surface area contributed by atoms with Crippen LogP contribution in [0.25, 0.3) is 12.2 Å². The van der Waals surface area contributed by atoms with Crippen molar-refractivity contribution in [3.8, 4) is 0 Å². The monoisotopic (exact) mass is 448 g/mol. The molecule has 0 aliphatic rings. The van der Waals surface area contributed by atoms with E-state index < -0.39 is 21.8 Å². The summed E-state index contributed by atoms with van der Waals surface area (Å²) < 4.78 is 0. The largest absolute Gasteiger partial charge is 2.00 e. The van der Waals surface area contributed by atoms with Gasteiger partial charge in [0.25, 0.3) is 11.4 Å². The number of carboxylic acid groups (broad SMARTS) is 2. The van der Waals surface area contributed by atoms with Gasteiger partial charge in [-0.25, -0.2) is 0 Å². The number of rotatable bonds is 6. The van der Waals surface area contributed by atoms with E-state index in [-0.39, 0.29) is 42.0 Å². The van der Waals surface area contributed by atoms with Crippen LogP contribution in [0, 0.1) is 20.2 Å². The first kappa shape index (κ1) is 25.3. The molecule has 29 heavy (non-hydrogen) atoms. The molecule has 0 saturated carbocycles. The zero-order valence-electron chi connectivity index (χ0n) is 14.8. The molecule has 0 N–H and O–H groups in total. The first-order chi connectivity index (χ1) is 13.2. The van der Waals surface area contributed by atoms with Crippen LogP contribution in [0.1, 0.15) is 11.1 Å². The predicted molar refractivity (Wildman–Crippen MR) is 94.3 cm³/mol. The molecule has 11 heteroatoms. The van der Waals surface area contributed by atoms with Gasteiger partial charge in [0.15, 0.2) is 0 Å². The zero-order chi connectivity index (χ0) is 21.1. The molecule has 0 aliphatic heterocycles. The number of para-hydroxylation sites is 2. The molecule has 2 aromatic rings. The second-order valence-corrected chi connectivity index (χ2v) is 4.94. The fourth-order valence-electron chi connectivity index (χ4n) is 1.91. The van der Waals surface area contributed by atoms with Gasteiger partial charge in [-0.05, 0) is 36.4 Å². The fourth-order valence-corrected chi connectivity index (χ4v) is 1.91. The van der Waals surface area contributed by atoms with E-state index >= 15 is 0 Å². The number of nitro benzene ring substituents is 2. The number of carbonyl (C=O) groups excluding carboxylic acids is 2. The maximum Gasteiger partial charge on any atom is 2.00 e. The Morgan fingerprint density at radius 2 is 1.00 bits per heavy atom. The number of nitro groups is 2. The minimum atomic E-state index is -1.39. The van der Waals surface area contributed by atoms with Gasteiger partial charge < -0.3 is 19.8 Å². The van der Waals surface area contributed by atoms with Crippen LogP contribution in [0.2, 0.25) is 0 Å². The normalized spacial score (nSPS) is 9.93. The molecule has 10 nitrogen and oxygen atoms in total.